The third-order valence-electron chi connectivity index (χ3n) is 5.63. The molecule has 0 aromatic heterocycles. The summed E-state index contributed by atoms with van der Waals surface area (Å²) in [4.78, 5) is 15.5. The Bertz CT molecular complexity index is 1020. The first-order valence-corrected chi connectivity index (χ1v) is 12.1. The van der Waals surface area contributed by atoms with Crippen molar-refractivity contribution in [3.63, 3.8) is 0 Å². The van der Waals surface area contributed by atoms with Gasteiger partial charge in [-0.1, -0.05) is 31.2 Å². The number of ether oxygens (including phenoxy) is 1. The second kappa shape index (κ2) is 10.3. The first-order chi connectivity index (χ1) is 14.9. The van der Waals surface area contributed by atoms with Crippen LogP contribution in [-0.4, -0.2) is 52.5 Å². The number of methoxy groups -OCH3 is 1. The number of benzene rings is 2. The molecule has 1 fully saturated rings. The molecule has 0 aliphatic carbocycles. The van der Waals surface area contributed by atoms with E-state index in [9.17, 15) is 13.2 Å². The zero-order valence-corrected chi connectivity index (χ0v) is 19.2. The molecule has 0 saturated carbocycles. The van der Waals surface area contributed by atoms with Crippen LogP contribution >= 0.6 is 0 Å². The minimum absolute atomic E-state index is 0.0171. The van der Waals surface area contributed by atoms with Crippen molar-refractivity contribution < 1.29 is 17.9 Å². The van der Waals surface area contributed by atoms with E-state index in [-0.39, 0.29) is 23.4 Å². The monoisotopic (exact) mass is 445 g/mol. The molecule has 2 aromatic carbocycles. The zero-order chi connectivity index (χ0) is 22.4. The summed E-state index contributed by atoms with van der Waals surface area (Å²) in [6, 6.07) is 12.5. The smallest absolute Gasteiger partial charge is 0.251 e. The van der Waals surface area contributed by atoms with Crippen molar-refractivity contribution in [1.29, 1.82) is 0 Å². The number of sulfonamides is 1. The number of hydrogen-bond donors (Lipinski definition) is 2. The maximum Gasteiger partial charge on any atom is 0.251 e. The SMILES string of the molecule is CCNS(=O)(=O)c1ccc(C)c(C(=O)NCC(c2ccccc2OC)N2CCCC2)c1. The van der Waals surface area contributed by atoms with Crippen LogP contribution in [-0.2, 0) is 10.0 Å². The molecule has 0 bridgehead atoms. The van der Waals surface area contributed by atoms with Crippen molar-refractivity contribution in [1.82, 2.24) is 14.9 Å². The summed E-state index contributed by atoms with van der Waals surface area (Å²) in [5.74, 6) is 0.508. The minimum atomic E-state index is -3.63. The summed E-state index contributed by atoms with van der Waals surface area (Å²) in [5.41, 5.74) is 2.12. The number of aryl methyl sites for hydroxylation is 1. The predicted octanol–water partition coefficient (Wildman–Crippen LogP) is 2.87. The Morgan fingerprint density at radius 1 is 1.16 bits per heavy atom. The van der Waals surface area contributed by atoms with Crippen molar-refractivity contribution in [2.24, 2.45) is 0 Å². The van der Waals surface area contributed by atoms with Crippen molar-refractivity contribution in [3.05, 3.63) is 59.2 Å². The Morgan fingerprint density at radius 3 is 2.55 bits per heavy atom. The van der Waals surface area contributed by atoms with E-state index in [0.717, 1.165) is 42.8 Å². The summed E-state index contributed by atoms with van der Waals surface area (Å²) in [6.45, 7) is 6.14. The summed E-state index contributed by atoms with van der Waals surface area (Å²) >= 11 is 0. The van der Waals surface area contributed by atoms with E-state index in [1.165, 1.54) is 12.1 Å². The number of likely N-dealkylation sites (tertiary alicyclic amines) is 1. The molecule has 1 amide bonds. The normalized spacial score (nSPS) is 15.6. The van der Waals surface area contributed by atoms with Crippen LogP contribution in [0.5, 0.6) is 5.75 Å². The van der Waals surface area contributed by atoms with Crippen LogP contribution in [0.25, 0.3) is 0 Å². The first kappa shape index (κ1) is 23.2. The van der Waals surface area contributed by atoms with Crippen molar-refractivity contribution in [2.45, 2.75) is 37.6 Å². The third kappa shape index (κ3) is 5.44. The van der Waals surface area contributed by atoms with E-state index in [4.69, 9.17) is 4.74 Å². The number of carbonyl (C=O) groups is 1. The lowest BCUT2D eigenvalue weighted by Crippen LogP contribution is -2.37. The van der Waals surface area contributed by atoms with Gasteiger partial charge in [-0.3, -0.25) is 9.69 Å². The average molecular weight is 446 g/mol. The number of hydrogen-bond acceptors (Lipinski definition) is 5. The quantitative estimate of drug-likeness (QED) is 0.620. The van der Waals surface area contributed by atoms with Gasteiger partial charge in [0.05, 0.1) is 18.0 Å². The fourth-order valence-corrected chi connectivity index (χ4v) is 5.07. The summed E-state index contributed by atoms with van der Waals surface area (Å²) in [7, 11) is -1.98. The van der Waals surface area contributed by atoms with E-state index < -0.39 is 10.0 Å². The van der Waals surface area contributed by atoms with Crippen molar-refractivity contribution >= 4 is 15.9 Å². The first-order valence-electron chi connectivity index (χ1n) is 10.6. The standard InChI is InChI=1S/C23H31N3O4S/c1-4-25-31(28,29)18-12-11-17(2)20(15-18)23(27)24-16-21(26-13-7-8-14-26)19-9-5-6-10-22(19)30-3/h5-6,9-12,15,21,25H,4,7-8,13-14,16H2,1-3H3,(H,24,27). The lowest BCUT2D eigenvalue weighted by molar-refractivity contribution is 0.0936. The number of carbonyl (C=O) groups excluding carboxylic acids is 1. The number of nitrogens with zero attached hydrogens (tertiary/aromatic N) is 1. The van der Waals surface area contributed by atoms with Crippen LogP contribution in [0.15, 0.2) is 47.4 Å². The fraction of sp³-hybridized carbons (Fsp3) is 0.435. The van der Waals surface area contributed by atoms with E-state index in [2.05, 4.69) is 14.9 Å². The number of nitrogens with one attached hydrogen (secondary N) is 2. The molecule has 0 radical (unpaired) electrons. The molecule has 1 unspecified atom stereocenters. The predicted molar refractivity (Wildman–Crippen MR) is 121 cm³/mol. The second-order valence-corrected chi connectivity index (χ2v) is 9.46. The van der Waals surface area contributed by atoms with Crippen LogP contribution in [0.1, 0.15) is 47.3 Å². The van der Waals surface area contributed by atoms with Gasteiger partial charge in [0.2, 0.25) is 10.0 Å². The Hall–Kier alpha value is -2.42. The van der Waals surface area contributed by atoms with Crippen molar-refractivity contribution in [3.8, 4) is 5.75 Å². The molecule has 1 atom stereocenters. The molecule has 3 rings (SSSR count). The molecule has 0 spiro atoms. The summed E-state index contributed by atoms with van der Waals surface area (Å²) in [5, 5.41) is 3.03. The molecule has 2 N–H and O–H groups in total. The summed E-state index contributed by atoms with van der Waals surface area (Å²) < 4.78 is 32.7. The van der Waals surface area contributed by atoms with Crippen LogP contribution in [0.2, 0.25) is 0 Å². The van der Waals surface area contributed by atoms with E-state index in [1.54, 1.807) is 27.0 Å². The maximum absolute atomic E-state index is 13.0. The van der Waals surface area contributed by atoms with Crippen LogP contribution in [0, 0.1) is 6.92 Å². The average Bonchev–Trinajstić information content (AvgIpc) is 3.28. The topological polar surface area (TPSA) is 87.7 Å². The number of para-hydroxylation sites is 1. The molecular formula is C23H31N3O4S. The zero-order valence-electron chi connectivity index (χ0n) is 18.3. The van der Waals surface area contributed by atoms with Gasteiger partial charge in [-0.05, 0) is 56.6 Å². The van der Waals surface area contributed by atoms with E-state index in [0.29, 0.717) is 12.1 Å². The fourth-order valence-electron chi connectivity index (χ4n) is 4.00. The molecular weight excluding hydrogens is 414 g/mol. The van der Waals surface area contributed by atoms with Gasteiger partial charge >= 0.3 is 0 Å². The molecule has 2 aromatic rings. The van der Waals surface area contributed by atoms with Gasteiger partial charge in [0.15, 0.2) is 0 Å². The number of rotatable bonds is 9. The highest BCUT2D eigenvalue weighted by molar-refractivity contribution is 7.89. The molecule has 1 aliphatic rings. The largest absolute Gasteiger partial charge is 0.496 e. The lowest BCUT2D eigenvalue weighted by atomic mass is 10.0. The molecule has 31 heavy (non-hydrogen) atoms. The highest BCUT2D eigenvalue weighted by atomic mass is 32.2. The molecule has 168 valence electrons. The Morgan fingerprint density at radius 2 is 1.87 bits per heavy atom. The lowest BCUT2D eigenvalue weighted by Gasteiger charge is -2.29. The van der Waals surface area contributed by atoms with Crippen LogP contribution in [0.4, 0.5) is 0 Å². The van der Waals surface area contributed by atoms with E-state index in [1.807, 2.05) is 24.3 Å². The Balaban J connectivity index is 1.83. The molecule has 7 nitrogen and oxygen atoms in total. The highest BCUT2D eigenvalue weighted by Gasteiger charge is 2.27. The van der Waals surface area contributed by atoms with Gasteiger partial charge < -0.3 is 10.1 Å². The number of amides is 1. The molecule has 1 aliphatic heterocycles. The van der Waals surface area contributed by atoms with Crippen LogP contribution in [0.3, 0.4) is 0 Å². The van der Waals surface area contributed by atoms with Gasteiger partial charge in [0, 0.05) is 24.2 Å². The van der Waals surface area contributed by atoms with Gasteiger partial charge in [-0.2, -0.15) is 0 Å². The van der Waals surface area contributed by atoms with Gasteiger partial charge in [0.25, 0.3) is 5.91 Å². The van der Waals surface area contributed by atoms with Gasteiger partial charge in [-0.25, -0.2) is 13.1 Å². The molecule has 8 heteroatoms. The third-order valence-corrected chi connectivity index (χ3v) is 7.18. The van der Waals surface area contributed by atoms with E-state index >= 15 is 0 Å². The molecule has 1 heterocycles. The van der Waals surface area contributed by atoms with Crippen molar-refractivity contribution in [2.75, 3.05) is 33.3 Å². The Kier molecular flexibility index (Phi) is 7.69. The Labute approximate surface area is 184 Å². The second-order valence-electron chi connectivity index (χ2n) is 7.69. The molecule has 1 saturated heterocycles. The minimum Gasteiger partial charge on any atom is -0.496 e. The maximum atomic E-state index is 13.0. The highest BCUT2D eigenvalue weighted by Crippen LogP contribution is 2.31. The van der Waals surface area contributed by atoms with Crippen LogP contribution < -0.4 is 14.8 Å². The summed E-state index contributed by atoms with van der Waals surface area (Å²) in [6.07, 6.45) is 2.26. The van der Waals surface area contributed by atoms with Gasteiger partial charge in [0.1, 0.15) is 5.75 Å². The van der Waals surface area contributed by atoms with Gasteiger partial charge in [-0.15, -0.1) is 0 Å².